The van der Waals surface area contributed by atoms with Crippen molar-refractivity contribution in [1.29, 1.82) is 0 Å². The van der Waals surface area contributed by atoms with Crippen molar-refractivity contribution < 1.29 is 23.1 Å². The van der Waals surface area contributed by atoms with Crippen molar-refractivity contribution in [3.8, 4) is 5.75 Å². The number of amides is 2. The normalized spacial score (nSPS) is 16.4. The Morgan fingerprint density at radius 2 is 2.04 bits per heavy atom. The lowest BCUT2D eigenvalue weighted by Crippen LogP contribution is -2.46. The average molecular weight is 408 g/mol. The van der Waals surface area contributed by atoms with Crippen LogP contribution >= 0.6 is 11.3 Å². The van der Waals surface area contributed by atoms with Gasteiger partial charge in [0.1, 0.15) is 11.8 Å². The fourth-order valence-electron chi connectivity index (χ4n) is 3.29. The van der Waals surface area contributed by atoms with E-state index in [0.29, 0.717) is 32.4 Å². The number of nitrogens with one attached hydrogen (secondary N) is 1. The maximum Gasteiger partial charge on any atom is 0.387 e. The van der Waals surface area contributed by atoms with Gasteiger partial charge in [-0.15, -0.1) is 11.3 Å². The van der Waals surface area contributed by atoms with Crippen molar-refractivity contribution in [2.45, 2.75) is 38.3 Å². The summed E-state index contributed by atoms with van der Waals surface area (Å²) in [6, 6.07) is 9.75. The number of ether oxygens (including phenoxy) is 1. The largest absolute Gasteiger partial charge is 0.435 e. The van der Waals surface area contributed by atoms with E-state index < -0.39 is 12.7 Å². The molecule has 2 amide bonds. The average Bonchev–Trinajstić information content (AvgIpc) is 3.34. The van der Waals surface area contributed by atoms with E-state index in [9.17, 15) is 18.4 Å². The van der Waals surface area contributed by atoms with Gasteiger partial charge in [0.2, 0.25) is 11.8 Å². The van der Waals surface area contributed by atoms with E-state index >= 15 is 0 Å². The molecule has 2 heterocycles. The van der Waals surface area contributed by atoms with E-state index in [2.05, 4.69) is 10.1 Å². The van der Waals surface area contributed by atoms with Crippen LogP contribution < -0.4 is 10.1 Å². The number of likely N-dealkylation sites (tertiary alicyclic amines) is 1. The van der Waals surface area contributed by atoms with E-state index in [1.807, 2.05) is 17.5 Å². The van der Waals surface area contributed by atoms with Crippen LogP contribution in [0.5, 0.6) is 5.75 Å². The van der Waals surface area contributed by atoms with Crippen molar-refractivity contribution in [2.75, 3.05) is 13.1 Å². The Kier molecular flexibility index (Phi) is 6.97. The van der Waals surface area contributed by atoms with Gasteiger partial charge in [0.05, 0.1) is 6.42 Å². The Balaban J connectivity index is 1.46. The van der Waals surface area contributed by atoms with Gasteiger partial charge >= 0.3 is 6.61 Å². The van der Waals surface area contributed by atoms with Gasteiger partial charge in [-0.3, -0.25) is 9.59 Å². The van der Waals surface area contributed by atoms with Gasteiger partial charge in [-0.05, 0) is 48.4 Å². The monoisotopic (exact) mass is 408 g/mol. The summed E-state index contributed by atoms with van der Waals surface area (Å²) >= 11 is 1.54. The summed E-state index contributed by atoms with van der Waals surface area (Å²) in [6.45, 7) is -1.83. The maximum atomic E-state index is 12.5. The number of halogens is 2. The number of rotatable bonds is 8. The first kappa shape index (κ1) is 20.3. The number of nitrogens with zero attached hydrogens (tertiary/aromatic N) is 1. The summed E-state index contributed by atoms with van der Waals surface area (Å²) < 4.78 is 28.6. The van der Waals surface area contributed by atoms with Crippen LogP contribution in [-0.4, -0.2) is 42.5 Å². The molecule has 1 aliphatic heterocycles. The number of hydrogen-bond acceptors (Lipinski definition) is 4. The zero-order valence-corrected chi connectivity index (χ0v) is 16.1. The molecule has 0 saturated carbocycles. The van der Waals surface area contributed by atoms with Gasteiger partial charge in [-0.1, -0.05) is 18.2 Å². The summed E-state index contributed by atoms with van der Waals surface area (Å²) in [5.41, 5.74) is 0.902. The van der Waals surface area contributed by atoms with E-state index in [1.54, 1.807) is 17.0 Å². The van der Waals surface area contributed by atoms with Crippen LogP contribution in [0.2, 0.25) is 0 Å². The summed E-state index contributed by atoms with van der Waals surface area (Å²) in [6.07, 6.45) is 2.38. The highest BCUT2D eigenvalue weighted by molar-refractivity contribution is 7.10. The highest BCUT2D eigenvalue weighted by Gasteiger charge is 2.33. The molecule has 0 bridgehead atoms. The van der Waals surface area contributed by atoms with Crippen LogP contribution in [0.4, 0.5) is 8.78 Å². The SMILES string of the molecule is O=C(NCCc1ccc(OC(F)F)cc1)C1CCCN1C(=O)Cc1cccs1. The van der Waals surface area contributed by atoms with Crippen molar-refractivity contribution in [3.05, 3.63) is 52.2 Å². The molecule has 1 atom stereocenters. The molecule has 28 heavy (non-hydrogen) atoms. The lowest BCUT2D eigenvalue weighted by Gasteiger charge is -2.24. The first-order valence-corrected chi connectivity index (χ1v) is 10.0. The number of hydrogen-bond donors (Lipinski definition) is 1. The Morgan fingerprint density at radius 3 is 2.71 bits per heavy atom. The highest BCUT2D eigenvalue weighted by atomic mass is 32.1. The Morgan fingerprint density at radius 1 is 1.25 bits per heavy atom. The van der Waals surface area contributed by atoms with Crippen LogP contribution in [0.1, 0.15) is 23.3 Å². The first-order valence-electron chi connectivity index (χ1n) is 9.16. The van der Waals surface area contributed by atoms with Crippen LogP contribution in [0.25, 0.3) is 0 Å². The highest BCUT2D eigenvalue weighted by Crippen LogP contribution is 2.20. The summed E-state index contributed by atoms with van der Waals surface area (Å²) in [5.74, 6) is -0.0574. The molecule has 0 aliphatic carbocycles. The molecular weight excluding hydrogens is 386 g/mol. The minimum Gasteiger partial charge on any atom is -0.435 e. The molecule has 2 aromatic rings. The van der Waals surface area contributed by atoms with Crippen LogP contribution in [0.15, 0.2) is 41.8 Å². The molecule has 0 radical (unpaired) electrons. The maximum absolute atomic E-state index is 12.5. The molecule has 8 heteroatoms. The molecule has 1 aromatic heterocycles. The lowest BCUT2D eigenvalue weighted by molar-refractivity contribution is -0.137. The van der Waals surface area contributed by atoms with E-state index in [0.717, 1.165) is 16.9 Å². The second-order valence-electron chi connectivity index (χ2n) is 6.56. The molecular formula is C20H22F2N2O3S. The Hall–Kier alpha value is -2.48. The van der Waals surface area contributed by atoms with Crippen LogP contribution in [0.3, 0.4) is 0 Å². The van der Waals surface area contributed by atoms with Gasteiger partial charge in [0, 0.05) is 18.0 Å². The number of thiophene rings is 1. The zero-order valence-electron chi connectivity index (χ0n) is 15.3. The van der Waals surface area contributed by atoms with Crippen molar-refractivity contribution in [1.82, 2.24) is 10.2 Å². The summed E-state index contributed by atoms with van der Waals surface area (Å²) in [7, 11) is 0. The molecule has 1 unspecified atom stereocenters. The minimum absolute atomic E-state index is 0.0188. The molecule has 1 fully saturated rings. The van der Waals surface area contributed by atoms with Gasteiger partial charge in [0.15, 0.2) is 0 Å². The van der Waals surface area contributed by atoms with Crippen molar-refractivity contribution in [2.24, 2.45) is 0 Å². The standard InChI is InChI=1S/C20H22F2N2O3S/c21-20(22)27-15-7-5-14(6-8-15)9-10-23-19(26)17-4-1-11-24(17)18(25)13-16-3-2-12-28-16/h2-3,5-8,12,17,20H,1,4,9-11,13H2,(H,23,26). The predicted octanol–water partition coefficient (Wildman–Crippen LogP) is 3.24. The second-order valence-corrected chi connectivity index (χ2v) is 7.60. The molecule has 1 aliphatic rings. The fraction of sp³-hybridized carbons (Fsp3) is 0.400. The topological polar surface area (TPSA) is 58.6 Å². The van der Waals surface area contributed by atoms with Gasteiger partial charge in [-0.25, -0.2) is 0 Å². The van der Waals surface area contributed by atoms with Crippen molar-refractivity contribution in [3.63, 3.8) is 0 Å². The number of carbonyl (C=O) groups excluding carboxylic acids is 2. The molecule has 3 rings (SSSR count). The van der Waals surface area contributed by atoms with E-state index in [-0.39, 0.29) is 17.6 Å². The molecule has 5 nitrogen and oxygen atoms in total. The first-order chi connectivity index (χ1) is 13.5. The quantitative estimate of drug-likeness (QED) is 0.730. The zero-order chi connectivity index (χ0) is 19.9. The van der Waals surface area contributed by atoms with E-state index in [4.69, 9.17) is 0 Å². The third-order valence-electron chi connectivity index (χ3n) is 4.64. The summed E-state index contributed by atoms with van der Waals surface area (Å²) in [5, 5.41) is 4.82. The van der Waals surface area contributed by atoms with Gasteiger partial charge < -0.3 is 15.0 Å². The van der Waals surface area contributed by atoms with Crippen LogP contribution in [-0.2, 0) is 22.4 Å². The molecule has 1 aromatic carbocycles. The van der Waals surface area contributed by atoms with Gasteiger partial charge in [0.25, 0.3) is 0 Å². The smallest absolute Gasteiger partial charge is 0.387 e. The number of carbonyl (C=O) groups is 2. The molecule has 0 spiro atoms. The van der Waals surface area contributed by atoms with Crippen LogP contribution in [0, 0.1) is 0 Å². The molecule has 1 saturated heterocycles. The Labute approximate surface area is 166 Å². The minimum atomic E-state index is -2.85. The Bertz CT molecular complexity index is 781. The third kappa shape index (κ3) is 5.51. The number of alkyl halides is 2. The lowest BCUT2D eigenvalue weighted by atomic mass is 10.1. The predicted molar refractivity (Wildman–Crippen MR) is 103 cm³/mol. The number of benzene rings is 1. The summed E-state index contributed by atoms with van der Waals surface area (Å²) in [4.78, 5) is 27.7. The molecule has 150 valence electrons. The van der Waals surface area contributed by atoms with Gasteiger partial charge in [-0.2, -0.15) is 8.78 Å². The second kappa shape index (κ2) is 9.64. The molecule has 1 N–H and O–H groups in total. The fourth-order valence-corrected chi connectivity index (χ4v) is 3.98. The van der Waals surface area contributed by atoms with E-state index in [1.165, 1.54) is 23.5 Å². The van der Waals surface area contributed by atoms with Crippen molar-refractivity contribution >= 4 is 23.2 Å². The third-order valence-corrected chi connectivity index (χ3v) is 5.52.